The number of aryl methyl sites for hydroxylation is 2. The van der Waals surface area contributed by atoms with Crippen LogP contribution in [-0.4, -0.2) is 0 Å². The molecule has 3 aliphatic rings. The highest BCUT2D eigenvalue weighted by Crippen LogP contribution is 2.33. The van der Waals surface area contributed by atoms with Gasteiger partial charge in [-0.15, -0.1) is 0 Å². The smallest absolute Gasteiger partial charge is 0.000442 e. The Morgan fingerprint density at radius 1 is 0.531 bits per heavy atom. The molecule has 1 heterocycles. The predicted octanol–water partition coefficient (Wildman–Crippen LogP) is 8.10. The Labute approximate surface area is 191 Å². The molecular weight excluding hydrogens is 386 g/mol. The molecule has 0 aromatic heterocycles. The van der Waals surface area contributed by atoms with E-state index in [9.17, 15) is 0 Å². The van der Waals surface area contributed by atoms with E-state index >= 15 is 0 Å². The zero-order valence-corrected chi connectivity index (χ0v) is 18.6. The summed E-state index contributed by atoms with van der Waals surface area (Å²) in [5.74, 6) is 0. The van der Waals surface area contributed by atoms with Gasteiger partial charge in [0.1, 0.15) is 0 Å². The largest absolute Gasteiger partial charge is 0.368 e. The van der Waals surface area contributed by atoms with Crippen LogP contribution in [0.3, 0.4) is 0 Å². The fourth-order valence-electron chi connectivity index (χ4n) is 4.27. The summed E-state index contributed by atoms with van der Waals surface area (Å²) in [5.41, 5.74) is 3.17. The minimum absolute atomic E-state index is 1.08. The molecule has 2 aliphatic carbocycles. The molecule has 1 aliphatic heterocycles. The molecule has 3 aromatic rings. The van der Waals surface area contributed by atoms with Crippen molar-refractivity contribution in [2.45, 2.75) is 32.1 Å². The summed E-state index contributed by atoms with van der Waals surface area (Å²) >= 11 is 0. The van der Waals surface area contributed by atoms with Crippen LogP contribution in [-0.2, 0) is 12.8 Å². The van der Waals surface area contributed by atoms with Crippen LogP contribution in [0.5, 0.6) is 0 Å². The van der Waals surface area contributed by atoms with Gasteiger partial charge in [-0.05, 0) is 76.9 Å². The first kappa shape index (κ1) is 21.6. The number of allylic oxidation sites excluding steroid dienone is 10. The number of hydrogen-bond acceptors (Lipinski definition) is 1. The monoisotopic (exact) mass is 417 g/mol. The molecule has 0 atom stereocenters. The molecule has 6 rings (SSSR count). The zero-order chi connectivity index (χ0) is 21.8. The van der Waals surface area contributed by atoms with Gasteiger partial charge in [0.05, 0.1) is 0 Å². The molecule has 32 heavy (non-hydrogen) atoms. The summed E-state index contributed by atoms with van der Waals surface area (Å²) in [6.07, 6.45) is 30.3. The maximum atomic E-state index is 2.92. The number of hydrogen-bond donors (Lipinski definition) is 1. The van der Waals surface area contributed by atoms with Gasteiger partial charge < -0.3 is 5.32 Å². The van der Waals surface area contributed by atoms with Crippen molar-refractivity contribution in [3.8, 4) is 0 Å². The van der Waals surface area contributed by atoms with E-state index in [-0.39, 0.29) is 0 Å². The third-order valence-electron chi connectivity index (χ3n) is 5.85. The molecule has 0 fully saturated rings. The van der Waals surface area contributed by atoms with Gasteiger partial charge in [-0.2, -0.15) is 0 Å². The molecule has 0 amide bonds. The number of nitrogens with one attached hydrogen (secondary N) is 1. The van der Waals surface area contributed by atoms with Crippen molar-refractivity contribution in [2.24, 2.45) is 0 Å². The molecular formula is C31H31N. The van der Waals surface area contributed by atoms with Gasteiger partial charge in [0, 0.05) is 12.4 Å². The van der Waals surface area contributed by atoms with Crippen molar-refractivity contribution in [3.63, 3.8) is 0 Å². The molecule has 0 unspecified atom stereocenters. The maximum Gasteiger partial charge on any atom is 0.000442 e. The van der Waals surface area contributed by atoms with E-state index < -0.39 is 0 Å². The van der Waals surface area contributed by atoms with Crippen LogP contribution >= 0.6 is 0 Å². The Hall–Kier alpha value is -3.58. The van der Waals surface area contributed by atoms with E-state index in [1.807, 2.05) is 48.9 Å². The Morgan fingerprint density at radius 3 is 2.03 bits per heavy atom. The molecule has 0 saturated heterocycles. The lowest BCUT2D eigenvalue weighted by Gasteiger charge is -2.18. The van der Waals surface area contributed by atoms with E-state index in [1.54, 1.807) is 11.1 Å². The summed E-state index contributed by atoms with van der Waals surface area (Å²) in [7, 11) is 0. The van der Waals surface area contributed by atoms with Crippen LogP contribution in [0.2, 0.25) is 0 Å². The lowest BCUT2D eigenvalue weighted by atomic mass is 9.86. The molecule has 1 N–H and O–H groups in total. The van der Waals surface area contributed by atoms with E-state index in [1.165, 1.54) is 47.2 Å². The minimum Gasteiger partial charge on any atom is -0.368 e. The standard InChI is InChI=1S/C18H16.C7H8.C6H7N/c1-3-7-15-13(5-1)9-11-18-16-8-4-2-6-14(16)10-12-17(15)18;2*1-2-4-6-7-5-3-1/h1,3,5,7,9-12H,2,4,6,8H2;1-6H,7H2;1-7H. The third-order valence-corrected chi connectivity index (χ3v) is 5.85. The highest BCUT2D eigenvalue weighted by Gasteiger charge is 2.13. The van der Waals surface area contributed by atoms with Gasteiger partial charge in [-0.25, -0.2) is 0 Å². The lowest BCUT2D eigenvalue weighted by Crippen LogP contribution is -2.02. The van der Waals surface area contributed by atoms with Crippen molar-refractivity contribution in [2.75, 3.05) is 0 Å². The summed E-state index contributed by atoms with van der Waals surface area (Å²) in [5, 5.41) is 8.57. The molecule has 0 bridgehead atoms. The molecule has 1 nitrogen and oxygen atoms in total. The van der Waals surface area contributed by atoms with Gasteiger partial charge in [0.15, 0.2) is 0 Å². The van der Waals surface area contributed by atoms with E-state index in [2.05, 4.69) is 78.2 Å². The highest BCUT2D eigenvalue weighted by atomic mass is 14.8. The number of rotatable bonds is 0. The van der Waals surface area contributed by atoms with Crippen molar-refractivity contribution >= 4 is 21.5 Å². The van der Waals surface area contributed by atoms with Gasteiger partial charge in [0.2, 0.25) is 0 Å². The van der Waals surface area contributed by atoms with Crippen LogP contribution in [0.15, 0.2) is 122 Å². The van der Waals surface area contributed by atoms with E-state index in [0.29, 0.717) is 0 Å². The summed E-state index contributed by atoms with van der Waals surface area (Å²) in [6.45, 7) is 0. The SMILES string of the molecule is C1=CC=CCC=C1.C1=CC=CNC=C1.c1ccc2c(c1)ccc1c3c(ccc12)CCCC3. The topological polar surface area (TPSA) is 12.0 Å². The normalized spacial score (nSPS) is 15.6. The molecule has 3 aromatic carbocycles. The summed E-state index contributed by atoms with van der Waals surface area (Å²) in [4.78, 5) is 0. The Morgan fingerprint density at radius 2 is 1.22 bits per heavy atom. The average Bonchev–Trinajstić information content (AvgIpc) is 3.35. The van der Waals surface area contributed by atoms with Crippen molar-refractivity contribution in [1.82, 2.24) is 5.32 Å². The number of fused-ring (bicyclic) bond motifs is 5. The molecule has 0 radical (unpaired) electrons. The highest BCUT2D eigenvalue weighted by molar-refractivity contribution is 6.08. The second-order valence-corrected chi connectivity index (χ2v) is 8.04. The van der Waals surface area contributed by atoms with Crippen molar-refractivity contribution in [1.29, 1.82) is 0 Å². The fourth-order valence-corrected chi connectivity index (χ4v) is 4.27. The fraction of sp³-hybridized carbons (Fsp3) is 0.161. The van der Waals surface area contributed by atoms with Crippen molar-refractivity contribution < 1.29 is 0 Å². The number of benzene rings is 3. The predicted molar refractivity (Wildman–Crippen MR) is 141 cm³/mol. The Kier molecular flexibility index (Phi) is 7.92. The first-order valence-corrected chi connectivity index (χ1v) is 11.6. The van der Waals surface area contributed by atoms with Crippen LogP contribution < -0.4 is 5.32 Å². The quantitative estimate of drug-likeness (QED) is 0.364. The van der Waals surface area contributed by atoms with Gasteiger partial charge in [-0.1, -0.05) is 97.1 Å². The van der Waals surface area contributed by atoms with Crippen LogP contribution in [0.4, 0.5) is 0 Å². The lowest BCUT2D eigenvalue weighted by molar-refractivity contribution is 0.690. The van der Waals surface area contributed by atoms with Gasteiger partial charge >= 0.3 is 0 Å². The molecule has 0 saturated carbocycles. The van der Waals surface area contributed by atoms with Crippen LogP contribution in [0.1, 0.15) is 30.4 Å². The van der Waals surface area contributed by atoms with Gasteiger partial charge in [-0.3, -0.25) is 0 Å². The van der Waals surface area contributed by atoms with Gasteiger partial charge in [0.25, 0.3) is 0 Å². The third kappa shape index (κ3) is 5.76. The Bertz CT molecular complexity index is 1160. The van der Waals surface area contributed by atoms with Crippen molar-refractivity contribution in [3.05, 3.63) is 133 Å². The average molecular weight is 418 g/mol. The van der Waals surface area contributed by atoms with E-state index in [4.69, 9.17) is 0 Å². The maximum absolute atomic E-state index is 2.92. The first-order chi connectivity index (χ1) is 15.9. The summed E-state index contributed by atoms with van der Waals surface area (Å²) < 4.78 is 0. The van der Waals surface area contributed by atoms with Crippen LogP contribution in [0.25, 0.3) is 21.5 Å². The Balaban J connectivity index is 0.000000144. The summed E-state index contributed by atoms with van der Waals surface area (Å²) in [6, 6.07) is 18.0. The molecule has 160 valence electrons. The zero-order valence-electron chi connectivity index (χ0n) is 18.6. The van der Waals surface area contributed by atoms with E-state index in [0.717, 1.165) is 6.42 Å². The second kappa shape index (κ2) is 11.7. The van der Waals surface area contributed by atoms with Crippen LogP contribution in [0, 0.1) is 0 Å². The second-order valence-electron chi connectivity index (χ2n) is 8.04. The minimum atomic E-state index is 1.08. The molecule has 0 spiro atoms. The molecule has 1 heteroatoms. The first-order valence-electron chi connectivity index (χ1n) is 11.6.